The van der Waals surface area contributed by atoms with Crippen molar-refractivity contribution in [3.63, 3.8) is 0 Å². The van der Waals surface area contributed by atoms with E-state index in [1.54, 1.807) is 22.5 Å². The maximum atomic E-state index is 13.1. The molecule has 2 aliphatic rings. The number of hydroxylamine groups is 2. The SMILES string of the molecule is Cc1ccc([C@@H]2CCON2C(=O)C2CCN(c3cc(C(N)=O)ncn3)CC2)s1. The highest BCUT2D eigenvalue weighted by molar-refractivity contribution is 7.12. The van der Waals surface area contributed by atoms with Crippen molar-refractivity contribution in [3.05, 3.63) is 40.0 Å². The van der Waals surface area contributed by atoms with Gasteiger partial charge in [0.05, 0.1) is 12.6 Å². The van der Waals surface area contributed by atoms with Crippen LogP contribution in [-0.4, -0.2) is 46.5 Å². The van der Waals surface area contributed by atoms with Gasteiger partial charge in [-0.1, -0.05) is 0 Å². The van der Waals surface area contributed by atoms with Gasteiger partial charge in [0.2, 0.25) is 5.91 Å². The molecule has 0 radical (unpaired) electrons. The van der Waals surface area contributed by atoms with Crippen LogP contribution in [0.4, 0.5) is 5.82 Å². The lowest BCUT2D eigenvalue weighted by atomic mass is 9.95. The van der Waals surface area contributed by atoms with E-state index in [2.05, 4.69) is 33.9 Å². The number of thiophene rings is 1. The average molecular weight is 401 g/mol. The van der Waals surface area contributed by atoms with Crippen molar-refractivity contribution in [1.82, 2.24) is 15.0 Å². The van der Waals surface area contributed by atoms with Crippen molar-refractivity contribution in [2.24, 2.45) is 11.7 Å². The number of nitrogens with two attached hydrogens (primary N) is 1. The molecule has 2 fully saturated rings. The summed E-state index contributed by atoms with van der Waals surface area (Å²) in [5.74, 6) is 0.0814. The van der Waals surface area contributed by atoms with Crippen molar-refractivity contribution in [2.45, 2.75) is 32.2 Å². The smallest absolute Gasteiger partial charge is 0.267 e. The fraction of sp³-hybridized carbons (Fsp3) is 0.474. The molecule has 0 aromatic carbocycles. The van der Waals surface area contributed by atoms with Gasteiger partial charge in [0.1, 0.15) is 17.8 Å². The van der Waals surface area contributed by atoms with Crippen LogP contribution < -0.4 is 10.6 Å². The van der Waals surface area contributed by atoms with E-state index in [1.807, 2.05) is 0 Å². The lowest BCUT2D eigenvalue weighted by Crippen LogP contribution is -2.42. The van der Waals surface area contributed by atoms with Gasteiger partial charge in [0.25, 0.3) is 5.91 Å². The number of carbonyl (C=O) groups excluding carboxylic acids is 2. The van der Waals surface area contributed by atoms with Crippen LogP contribution in [0, 0.1) is 12.8 Å². The van der Waals surface area contributed by atoms with Gasteiger partial charge in [-0.25, -0.2) is 15.0 Å². The number of hydrogen-bond donors (Lipinski definition) is 1. The second kappa shape index (κ2) is 7.84. The Kier molecular flexibility index (Phi) is 5.27. The van der Waals surface area contributed by atoms with Crippen LogP contribution in [0.25, 0.3) is 0 Å². The number of aromatic nitrogens is 2. The summed E-state index contributed by atoms with van der Waals surface area (Å²) in [7, 11) is 0. The van der Waals surface area contributed by atoms with Crippen LogP contribution in [0.3, 0.4) is 0 Å². The molecule has 0 unspecified atom stereocenters. The van der Waals surface area contributed by atoms with Gasteiger partial charge in [-0.3, -0.25) is 14.4 Å². The highest BCUT2D eigenvalue weighted by atomic mass is 32.1. The van der Waals surface area contributed by atoms with Crippen LogP contribution in [0.5, 0.6) is 0 Å². The molecule has 4 rings (SSSR count). The van der Waals surface area contributed by atoms with Gasteiger partial charge < -0.3 is 10.6 Å². The Hall–Kier alpha value is -2.52. The first-order valence-electron chi connectivity index (χ1n) is 9.42. The number of primary amides is 1. The molecule has 4 heterocycles. The maximum absolute atomic E-state index is 13.1. The molecule has 2 amide bonds. The third kappa shape index (κ3) is 3.72. The van der Waals surface area contributed by atoms with Gasteiger partial charge in [0, 0.05) is 41.2 Å². The van der Waals surface area contributed by atoms with E-state index in [-0.39, 0.29) is 23.6 Å². The monoisotopic (exact) mass is 401 g/mol. The minimum Gasteiger partial charge on any atom is -0.364 e. The highest BCUT2D eigenvalue weighted by Crippen LogP contribution is 2.36. The largest absolute Gasteiger partial charge is 0.364 e. The lowest BCUT2D eigenvalue weighted by molar-refractivity contribution is -0.182. The van der Waals surface area contributed by atoms with E-state index in [0.29, 0.717) is 38.4 Å². The molecule has 8 nitrogen and oxygen atoms in total. The second-order valence-electron chi connectivity index (χ2n) is 7.14. The summed E-state index contributed by atoms with van der Waals surface area (Å²) in [5.41, 5.74) is 5.49. The summed E-state index contributed by atoms with van der Waals surface area (Å²) < 4.78 is 0. The Morgan fingerprint density at radius 2 is 2.00 bits per heavy atom. The number of nitrogens with zero attached hydrogens (tertiary/aromatic N) is 4. The van der Waals surface area contributed by atoms with Crippen molar-refractivity contribution < 1.29 is 14.4 Å². The van der Waals surface area contributed by atoms with Crippen molar-refractivity contribution in [1.29, 1.82) is 0 Å². The van der Waals surface area contributed by atoms with E-state index in [1.165, 1.54) is 16.1 Å². The predicted molar refractivity (Wildman–Crippen MR) is 105 cm³/mol. The molecule has 0 aliphatic carbocycles. The number of anilines is 1. The van der Waals surface area contributed by atoms with Gasteiger partial charge in [-0.15, -0.1) is 11.3 Å². The zero-order valence-electron chi connectivity index (χ0n) is 15.7. The first kappa shape index (κ1) is 18.8. The summed E-state index contributed by atoms with van der Waals surface area (Å²) in [5, 5.41) is 1.60. The van der Waals surface area contributed by atoms with Crippen molar-refractivity contribution in [2.75, 3.05) is 24.6 Å². The zero-order valence-corrected chi connectivity index (χ0v) is 16.5. The second-order valence-corrected chi connectivity index (χ2v) is 8.46. The lowest BCUT2D eigenvalue weighted by Gasteiger charge is -2.34. The molecule has 2 aromatic heterocycles. The molecule has 148 valence electrons. The molecule has 0 saturated carbocycles. The summed E-state index contributed by atoms with van der Waals surface area (Å²) in [6.07, 6.45) is 3.61. The minimum absolute atomic E-state index is 0.0178. The average Bonchev–Trinajstić information content (AvgIpc) is 3.36. The third-order valence-corrected chi connectivity index (χ3v) is 6.39. The molecule has 0 spiro atoms. The zero-order chi connectivity index (χ0) is 19.7. The van der Waals surface area contributed by atoms with Gasteiger partial charge in [-0.05, 0) is 31.9 Å². The van der Waals surface area contributed by atoms with Crippen LogP contribution in [0.1, 0.15) is 45.5 Å². The van der Waals surface area contributed by atoms with Gasteiger partial charge in [0.15, 0.2) is 0 Å². The fourth-order valence-corrected chi connectivity index (χ4v) is 4.76. The van der Waals surface area contributed by atoms with E-state index in [4.69, 9.17) is 10.6 Å². The molecule has 0 bridgehead atoms. The van der Waals surface area contributed by atoms with E-state index < -0.39 is 5.91 Å². The van der Waals surface area contributed by atoms with Gasteiger partial charge >= 0.3 is 0 Å². The molecule has 2 aromatic rings. The fourth-order valence-electron chi connectivity index (χ4n) is 3.77. The summed E-state index contributed by atoms with van der Waals surface area (Å²) in [6, 6.07) is 5.79. The Morgan fingerprint density at radius 3 is 2.68 bits per heavy atom. The Balaban J connectivity index is 1.40. The highest BCUT2D eigenvalue weighted by Gasteiger charge is 2.37. The maximum Gasteiger partial charge on any atom is 0.267 e. The first-order valence-corrected chi connectivity index (χ1v) is 10.2. The van der Waals surface area contributed by atoms with Crippen molar-refractivity contribution in [3.8, 4) is 0 Å². The molecule has 28 heavy (non-hydrogen) atoms. The van der Waals surface area contributed by atoms with E-state index >= 15 is 0 Å². The third-order valence-electron chi connectivity index (χ3n) is 5.28. The van der Waals surface area contributed by atoms with Crippen LogP contribution in [-0.2, 0) is 9.63 Å². The van der Waals surface area contributed by atoms with Gasteiger partial charge in [-0.2, -0.15) is 0 Å². The quantitative estimate of drug-likeness (QED) is 0.841. The minimum atomic E-state index is -0.574. The molecule has 2 N–H and O–H groups in total. The molecule has 2 saturated heterocycles. The first-order chi connectivity index (χ1) is 13.5. The van der Waals surface area contributed by atoms with Crippen LogP contribution >= 0.6 is 11.3 Å². The topological polar surface area (TPSA) is 102 Å². The van der Waals surface area contributed by atoms with E-state index in [0.717, 1.165) is 6.42 Å². The predicted octanol–water partition coefficient (Wildman–Crippen LogP) is 2.07. The Bertz CT molecular complexity index is 878. The molecular weight excluding hydrogens is 378 g/mol. The van der Waals surface area contributed by atoms with E-state index in [9.17, 15) is 9.59 Å². The number of hydrogen-bond acceptors (Lipinski definition) is 7. The summed E-state index contributed by atoms with van der Waals surface area (Å²) >= 11 is 1.72. The number of carbonyl (C=O) groups is 2. The molecule has 1 atom stereocenters. The number of aryl methyl sites for hydroxylation is 1. The normalized spacial score (nSPS) is 20.5. The van der Waals surface area contributed by atoms with Crippen LogP contribution in [0.2, 0.25) is 0 Å². The summed E-state index contributed by atoms with van der Waals surface area (Å²) in [6.45, 7) is 4.01. The molecule has 2 aliphatic heterocycles. The number of piperidine rings is 1. The molecule has 9 heteroatoms. The number of amides is 2. The van der Waals surface area contributed by atoms with Crippen molar-refractivity contribution >= 4 is 29.0 Å². The molecular formula is C19H23N5O3S. The summed E-state index contributed by atoms with van der Waals surface area (Å²) in [4.78, 5) is 42.7. The standard InChI is InChI=1S/C19H23N5O3S/c1-12-2-3-16(28-12)15-6-9-27-24(15)19(26)13-4-7-23(8-5-13)17-10-14(18(20)25)21-11-22-17/h2-3,10-11,13,15H,4-9H2,1H3,(H2,20,25)/t15-/m0/s1. The number of rotatable bonds is 4. The van der Waals surface area contributed by atoms with Crippen LogP contribution in [0.15, 0.2) is 24.5 Å². The Labute approximate surface area is 167 Å². The Morgan fingerprint density at radius 1 is 1.21 bits per heavy atom.